The summed E-state index contributed by atoms with van der Waals surface area (Å²) in [5.74, 6) is -2.09. The summed E-state index contributed by atoms with van der Waals surface area (Å²) in [5, 5.41) is 14.6. The number of benzene rings is 1. The Hall–Kier alpha value is -2.74. The number of hydrogen-bond donors (Lipinski definition) is 3. The molecule has 0 aliphatic rings. The van der Waals surface area contributed by atoms with Crippen molar-refractivity contribution in [2.45, 2.75) is 31.8 Å². The van der Waals surface area contributed by atoms with Gasteiger partial charge in [0.25, 0.3) is 0 Å². The van der Waals surface area contributed by atoms with E-state index in [-0.39, 0.29) is 18.7 Å². The maximum atomic E-state index is 12.7. The van der Waals surface area contributed by atoms with Crippen molar-refractivity contribution in [2.24, 2.45) is 0 Å². The fourth-order valence-corrected chi connectivity index (χ4v) is 2.98. The molecule has 2 amide bonds. The number of amides is 2. The van der Waals surface area contributed by atoms with E-state index in [0.717, 1.165) is 5.56 Å². The lowest BCUT2D eigenvalue weighted by atomic mass is 10.0. The minimum Gasteiger partial charge on any atom is -0.480 e. The van der Waals surface area contributed by atoms with Gasteiger partial charge >= 0.3 is 5.97 Å². The molecule has 0 saturated carbocycles. The first kappa shape index (κ1) is 20.6. The second kappa shape index (κ2) is 9.82. The monoisotopic (exact) mass is 433 g/mol. The third-order valence-corrected chi connectivity index (χ3v) is 4.57. The number of hydrogen-bond acceptors (Lipinski definition) is 4. The first-order chi connectivity index (χ1) is 12.9. The van der Waals surface area contributed by atoms with Gasteiger partial charge in [0, 0.05) is 26.0 Å². The van der Waals surface area contributed by atoms with E-state index < -0.39 is 24.0 Å². The molecule has 0 spiro atoms. The van der Waals surface area contributed by atoms with Crippen molar-refractivity contribution in [3.8, 4) is 0 Å². The number of aliphatic carboxylic acids is 1. The van der Waals surface area contributed by atoms with Gasteiger partial charge in [-0.15, -0.1) is 0 Å². The number of aromatic nitrogens is 1. The van der Waals surface area contributed by atoms with Gasteiger partial charge in [0.2, 0.25) is 11.8 Å². The Balaban J connectivity index is 2.13. The molecule has 27 heavy (non-hydrogen) atoms. The highest BCUT2D eigenvalue weighted by molar-refractivity contribution is 9.10. The molecule has 8 heteroatoms. The van der Waals surface area contributed by atoms with Crippen LogP contribution in [-0.4, -0.2) is 40.0 Å². The molecule has 0 unspecified atom stereocenters. The summed E-state index contributed by atoms with van der Waals surface area (Å²) >= 11 is 3.27. The summed E-state index contributed by atoms with van der Waals surface area (Å²) in [6.45, 7) is 1.31. The van der Waals surface area contributed by atoms with Crippen LogP contribution in [0.2, 0.25) is 0 Å². The predicted molar refractivity (Wildman–Crippen MR) is 103 cm³/mol. The first-order valence-electron chi connectivity index (χ1n) is 8.30. The van der Waals surface area contributed by atoms with E-state index in [9.17, 15) is 19.5 Å². The van der Waals surface area contributed by atoms with Gasteiger partial charge in [-0.3, -0.25) is 9.59 Å². The second-order valence-electron chi connectivity index (χ2n) is 6.00. The lowest BCUT2D eigenvalue weighted by Crippen LogP contribution is -2.52. The summed E-state index contributed by atoms with van der Waals surface area (Å²) < 4.78 is 0.521. The number of nitrogens with one attached hydrogen (secondary N) is 2. The van der Waals surface area contributed by atoms with Crippen LogP contribution in [0, 0.1) is 0 Å². The average molecular weight is 434 g/mol. The molecule has 2 rings (SSSR count). The summed E-state index contributed by atoms with van der Waals surface area (Å²) in [6.07, 6.45) is 1.90. The van der Waals surface area contributed by atoms with Gasteiger partial charge in [-0.1, -0.05) is 36.4 Å². The highest BCUT2D eigenvalue weighted by Gasteiger charge is 2.27. The number of carbonyl (C=O) groups is 3. The molecule has 1 aromatic carbocycles. The van der Waals surface area contributed by atoms with Gasteiger partial charge in [0.15, 0.2) is 0 Å². The Morgan fingerprint density at radius 1 is 1.04 bits per heavy atom. The number of rotatable bonds is 8. The number of nitrogens with zero attached hydrogens (tertiary/aromatic N) is 1. The van der Waals surface area contributed by atoms with Crippen LogP contribution in [0.1, 0.15) is 18.1 Å². The summed E-state index contributed by atoms with van der Waals surface area (Å²) in [7, 11) is 0. The maximum Gasteiger partial charge on any atom is 0.326 e. The number of carboxylic acids is 1. The highest BCUT2D eigenvalue weighted by Crippen LogP contribution is 2.15. The zero-order valence-corrected chi connectivity index (χ0v) is 16.3. The molecular formula is C19H20BrN3O4. The molecule has 1 heterocycles. The number of pyridine rings is 1. The van der Waals surface area contributed by atoms with Gasteiger partial charge in [-0.2, -0.15) is 0 Å². The lowest BCUT2D eigenvalue weighted by molar-refractivity contribution is -0.142. The fraction of sp³-hybridized carbons (Fsp3) is 0.263. The number of carboxylic acid groups (broad SMARTS) is 1. The largest absolute Gasteiger partial charge is 0.480 e. The van der Waals surface area contributed by atoms with Crippen LogP contribution >= 0.6 is 15.9 Å². The molecule has 2 atom stereocenters. The molecule has 7 nitrogen and oxygen atoms in total. The van der Waals surface area contributed by atoms with Crippen LogP contribution in [0.4, 0.5) is 0 Å². The van der Waals surface area contributed by atoms with Crippen LogP contribution < -0.4 is 10.6 Å². The third-order valence-electron chi connectivity index (χ3n) is 3.85. The average Bonchev–Trinajstić information content (AvgIpc) is 2.62. The van der Waals surface area contributed by atoms with Crippen molar-refractivity contribution < 1.29 is 19.5 Å². The summed E-state index contributed by atoms with van der Waals surface area (Å²) in [4.78, 5) is 39.8. The van der Waals surface area contributed by atoms with Crippen LogP contribution in [-0.2, 0) is 27.2 Å². The van der Waals surface area contributed by atoms with Crippen molar-refractivity contribution in [1.29, 1.82) is 0 Å². The van der Waals surface area contributed by atoms with Gasteiger partial charge in [0.05, 0.1) is 0 Å². The Labute approximate surface area is 165 Å². The molecule has 1 aromatic heterocycles. The quantitative estimate of drug-likeness (QED) is 0.549. The molecule has 3 N–H and O–H groups in total. The molecule has 0 saturated heterocycles. The molecule has 0 bridgehead atoms. The predicted octanol–water partition coefficient (Wildman–Crippen LogP) is 1.70. The van der Waals surface area contributed by atoms with Crippen LogP contribution in [0.15, 0.2) is 53.3 Å². The molecule has 0 radical (unpaired) electrons. The lowest BCUT2D eigenvalue weighted by Gasteiger charge is -2.21. The summed E-state index contributed by atoms with van der Waals surface area (Å²) in [5.41, 5.74) is 1.51. The van der Waals surface area contributed by atoms with Crippen molar-refractivity contribution in [1.82, 2.24) is 15.6 Å². The van der Waals surface area contributed by atoms with E-state index in [0.29, 0.717) is 10.2 Å². The molecule has 0 fully saturated rings. The van der Waals surface area contributed by atoms with E-state index in [1.807, 2.05) is 30.3 Å². The highest BCUT2D eigenvalue weighted by atomic mass is 79.9. The van der Waals surface area contributed by atoms with Crippen molar-refractivity contribution in [2.75, 3.05) is 0 Å². The van der Waals surface area contributed by atoms with Gasteiger partial charge in [-0.25, -0.2) is 9.78 Å². The maximum absolute atomic E-state index is 12.7. The summed E-state index contributed by atoms with van der Waals surface area (Å²) in [6, 6.07) is 10.6. The minimum atomic E-state index is -1.17. The van der Waals surface area contributed by atoms with E-state index in [2.05, 4.69) is 31.5 Å². The minimum absolute atomic E-state index is 0.0631. The van der Waals surface area contributed by atoms with Crippen LogP contribution in [0.3, 0.4) is 0 Å². The third kappa shape index (κ3) is 6.49. The standard InChI is InChI=1S/C19H20BrN3O4/c1-12(24)22-15(10-13-6-3-2-4-7-13)18(25)23-16(19(26)27)11-14-8-5-9-21-17(14)20/h2-9,15-16H,10-11H2,1H3,(H,22,24)(H,23,25)(H,26,27)/t15-,16+/m1/s1. The Bertz CT molecular complexity index is 814. The molecule has 2 aromatic rings. The van der Waals surface area contributed by atoms with E-state index in [1.54, 1.807) is 18.3 Å². The molecule has 0 aliphatic carbocycles. The normalized spacial score (nSPS) is 12.7. The van der Waals surface area contributed by atoms with Gasteiger partial charge in [0.1, 0.15) is 16.7 Å². The van der Waals surface area contributed by atoms with Gasteiger partial charge in [-0.05, 0) is 33.1 Å². The van der Waals surface area contributed by atoms with Crippen molar-refractivity contribution in [3.63, 3.8) is 0 Å². The zero-order chi connectivity index (χ0) is 19.8. The molecule has 142 valence electrons. The Morgan fingerprint density at radius 3 is 2.33 bits per heavy atom. The Kier molecular flexibility index (Phi) is 7.48. The van der Waals surface area contributed by atoms with Crippen molar-refractivity contribution in [3.05, 3.63) is 64.4 Å². The first-order valence-corrected chi connectivity index (χ1v) is 9.09. The Morgan fingerprint density at radius 2 is 1.74 bits per heavy atom. The van der Waals surface area contributed by atoms with Crippen molar-refractivity contribution >= 4 is 33.7 Å². The molecule has 0 aliphatic heterocycles. The SMILES string of the molecule is CC(=O)N[C@H](Cc1ccccc1)C(=O)N[C@@H](Cc1cccnc1Br)C(=O)O. The van der Waals surface area contributed by atoms with E-state index in [1.165, 1.54) is 6.92 Å². The number of carbonyl (C=O) groups excluding carboxylic acids is 2. The van der Waals surface area contributed by atoms with Crippen LogP contribution in [0.25, 0.3) is 0 Å². The van der Waals surface area contributed by atoms with Gasteiger partial charge < -0.3 is 15.7 Å². The van der Waals surface area contributed by atoms with E-state index >= 15 is 0 Å². The van der Waals surface area contributed by atoms with Crippen LogP contribution in [0.5, 0.6) is 0 Å². The smallest absolute Gasteiger partial charge is 0.326 e. The fourth-order valence-electron chi connectivity index (χ4n) is 2.57. The number of halogens is 1. The second-order valence-corrected chi connectivity index (χ2v) is 6.75. The van der Waals surface area contributed by atoms with E-state index in [4.69, 9.17) is 0 Å². The molecular weight excluding hydrogens is 414 g/mol. The topological polar surface area (TPSA) is 108 Å². The zero-order valence-electron chi connectivity index (χ0n) is 14.7.